The quantitative estimate of drug-likeness (QED) is 0.193. The maximum absolute atomic E-state index is 13.7. The van der Waals surface area contributed by atoms with Gasteiger partial charge in [0.1, 0.15) is 11.8 Å². The molecule has 12 heteroatoms. The number of ether oxygens (including phenoxy) is 1. The molecule has 1 aliphatic rings. The average Bonchev–Trinajstić information content (AvgIpc) is 3.69. The van der Waals surface area contributed by atoms with Crippen molar-refractivity contribution in [3.05, 3.63) is 93.9 Å². The first-order chi connectivity index (χ1) is 19.8. The molecule has 0 spiro atoms. The molecule has 1 fully saturated rings. The van der Waals surface area contributed by atoms with Crippen molar-refractivity contribution >= 4 is 51.2 Å². The normalized spacial score (nSPS) is 14.7. The van der Waals surface area contributed by atoms with E-state index in [9.17, 15) is 11.0 Å². The molecule has 9 nitrogen and oxygen atoms in total. The van der Waals surface area contributed by atoms with Crippen LogP contribution in [-0.2, 0) is 0 Å². The number of benzene rings is 2. The third-order valence-corrected chi connectivity index (χ3v) is 7.03. The number of halogens is 3. The number of rotatable bonds is 8. The second-order valence-electron chi connectivity index (χ2n) is 9.14. The van der Waals surface area contributed by atoms with Crippen LogP contribution in [0.25, 0.3) is 10.9 Å². The molecule has 1 atom stereocenters. The molecular formula is C28H21Cl2FN8O. The SMILES string of the molecule is [2H]C(Nc1cc(Cl)c2ncc(C#N)c(Nc3cccc(Cl)c3OC)c2c1)(c1ccc(F)nc1)c1cn(C2CC2)nn1. The molecule has 0 saturated heterocycles. The van der Waals surface area contributed by atoms with Gasteiger partial charge in [-0.1, -0.05) is 40.5 Å². The zero-order chi connectivity index (χ0) is 28.7. The number of anilines is 3. The van der Waals surface area contributed by atoms with Gasteiger partial charge in [-0.3, -0.25) is 4.98 Å². The largest absolute Gasteiger partial charge is 0.493 e. The first kappa shape index (κ1) is 24.6. The topological polar surface area (TPSA) is 114 Å². The first-order valence-electron chi connectivity index (χ1n) is 12.7. The monoisotopic (exact) mass is 575 g/mol. The molecule has 2 aromatic carbocycles. The number of hydrogen-bond acceptors (Lipinski definition) is 8. The number of aromatic nitrogens is 5. The van der Waals surface area contributed by atoms with Gasteiger partial charge in [0.15, 0.2) is 5.75 Å². The Kier molecular flexibility index (Phi) is 6.51. The molecule has 0 radical (unpaired) electrons. The van der Waals surface area contributed by atoms with Crippen LogP contribution in [0.4, 0.5) is 21.5 Å². The molecule has 0 aliphatic heterocycles. The van der Waals surface area contributed by atoms with E-state index in [1.54, 1.807) is 41.2 Å². The van der Waals surface area contributed by atoms with Gasteiger partial charge in [0.25, 0.3) is 0 Å². The fraction of sp³-hybridized carbons (Fsp3) is 0.179. The zero-order valence-corrected chi connectivity index (χ0v) is 22.5. The van der Waals surface area contributed by atoms with E-state index in [4.69, 9.17) is 27.9 Å². The van der Waals surface area contributed by atoms with E-state index >= 15 is 0 Å². The molecule has 5 aromatic rings. The molecule has 1 saturated carbocycles. The lowest BCUT2D eigenvalue weighted by molar-refractivity contribution is 0.417. The molecule has 1 unspecified atom stereocenters. The molecule has 200 valence electrons. The Hall–Kier alpha value is -4.46. The molecule has 2 N–H and O–H groups in total. The van der Waals surface area contributed by atoms with Gasteiger partial charge in [-0.05, 0) is 48.7 Å². The van der Waals surface area contributed by atoms with Gasteiger partial charge in [-0.2, -0.15) is 9.65 Å². The zero-order valence-electron chi connectivity index (χ0n) is 22.0. The molecular weight excluding hydrogens is 554 g/mol. The maximum Gasteiger partial charge on any atom is 0.212 e. The highest BCUT2D eigenvalue weighted by Gasteiger charge is 2.27. The van der Waals surface area contributed by atoms with E-state index in [-0.39, 0.29) is 16.6 Å². The summed E-state index contributed by atoms with van der Waals surface area (Å²) in [6.07, 6.45) is 6.39. The number of para-hydroxylation sites is 1. The fourth-order valence-electron chi connectivity index (χ4n) is 4.36. The van der Waals surface area contributed by atoms with E-state index in [0.717, 1.165) is 12.8 Å². The van der Waals surface area contributed by atoms with Crippen LogP contribution in [0.1, 0.15) is 43.1 Å². The van der Waals surface area contributed by atoms with Crippen molar-refractivity contribution in [3.8, 4) is 11.8 Å². The van der Waals surface area contributed by atoms with Crippen LogP contribution >= 0.6 is 23.2 Å². The van der Waals surface area contributed by atoms with E-state index < -0.39 is 12.0 Å². The summed E-state index contributed by atoms with van der Waals surface area (Å²) in [6.45, 7) is 0. The summed E-state index contributed by atoms with van der Waals surface area (Å²) in [5.41, 5.74) is 2.67. The number of hydrogen-bond donors (Lipinski definition) is 2. The van der Waals surface area contributed by atoms with Crippen molar-refractivity contribution in [1.29, 1.82) is 5.26 Å². The predicted molar refractivity (Wildman–Crippen MR) is 151 cm³/mol. The van der Waals surface area contributed by atoms with Crippen molar-refractivity contribution in [3.63, 3.8) is 0 Å². The lowest BCUT2D eigenvalue weighted by Crippen LogP contribution is -2.14. The summed E-state index contributed by atoms with van der Waals surface area (Å²) in [7, 11) is 1.50. The molecule has 0 amide bonds. The van der Waals surface area contributed by atoms with Crippen molar-refractivity contribution in [1.82, 2.24) is 25.0 Å². The molecule has 3 heterocycles. The van der Waals surface area contributed by atoms with E-state index in [0.29, 0.717) is 50.0 Å². The number of methoxy groups -OCH3 is 1. The van der Waals surface area contributed by atoms with Gasteiger partial charge in [0.05, 0.1) is 59.2 Å². The van der Waals surface area contributed by atoms with Gasteiger partial charge in [0.2, 0.25) is 5.95 Å². The summed E-state index contributed by atoms with van der Waals surface area (Å²) in [5.74, 6) is -0.273. The summed E-state index contributed by atoms with van der Waals surface area (Å²) < 4.78 is 30.4. The Morgan fingerprint density at radius 1 is 1.18 bits per heavy atom. The Morgan fingerprint density at radius 3 is 2.75 bits per heavy atom. The molecule has 3 aromatic heterocycles. The fourth-order valence-corrected chi connectivity index (χ4v) is 4.88. The number of nitrogens with one attached hydrogen (secondary N) is 2. The van der Waals surface area contributed by atoms with Crippen molar-refractivity contribution in [2.24, 2.45) is 0 Å². The van der Waals surface area contributed by atoms with Gasteiger partial charge >= 0.3 is 0 Å². The second-order valence-corrected chi connectivity index (χ2v) is 9.96. The third-order valence-electron chi connectivity index (χ3n) is 6.45. The summed E-state index contributed by atoms with van der Waals surface area (Å²) in [6, 6.07) is 11.9. The second kappa shape index (κ2) is 10.6. The van der Waals surface area contributed by atoms with Crippen molar-refractivity contribution in [2.75, 3.05) is 17.7 Å². The minimum absolute atomic E-state index is 0.245. The smallest absolute Gasteiger partial charge is 0.212 e. The maximum atomic E-state index is 13.7. The van der Waals surface area contributed by atoms with Crippen LogP contribution in [0.3, 0.4) is 0 Å². The van der Waals surface area contributed by atoms with Crippen LogP contribution in [0, 0.1) is 17.3 Å². The lowest BCUT2D eigenvalue weighted by Gasteiger charge is -2.20. The summed E-state index contributed by atoms with van der Waals surface area (Å²) >= 11 is 13.0. The molecule has 6 rings (SSSR count). The van der Waals surface area contributed by atoms with Crippen LogP contribution in [-0.4, -0.2) is 32.1 Å². The number of fused-ring (bicyclic) bond motifs is 1. The summed E-state index contributed by atoms with van der Waals surface area (Å²) in [5, 5.41) is 26.0. The third kappa shape index (κ3) is 4.97. The Morgan fingerprint density at radius 2 is 2.02 bits per heavy atom. The Labute approximate surface area is 239 Å². The molecule has 0 bridgehead atoms. The standard InChI is InChI=1S/C28H21Cl2FN8O/c1-40-28-20(29)3-2-4-22(28)36-25-16(11-32)13-34-27-19(25)9-17(10-21(27)30)35-26(15-5-8-24(31)33-12-15)23-14-39(38-37-23)18-6-7-18/h2-5,8-10,12-14,18,26,35H,6-7H2,1H3,(H,34,36)/i26D. The van der Waals surface area contributed by atoms with Crippen molar-refractivity contribution in [2.45, 2.75) is 24.9 Å². The van der Waals surface area contributed by atoms with Crippen LogP contribution in [0.2, 0.25) is 10.0 Å². The van der Waals surface area contributed by atoms with Crippen molar-refractivity contribution < 1.29 is 10.5 Å². The first-order valence-corrected chi connectivity index (χ1v) is 13.0. The van der Waals surface area contributed by atoms with E-state index in [2.05, 4.69) is 37.0 Å². The van der Waals surface area contributed by atoms with Crippen LogP contribution in [0.15, 0.2) is 61.1 Å². The minimum atomic E-state index is -1.71. The lowest BCUT2D eigenvalue weighted by atomic mass is 10.0. The van der Waals surface area contributed by atoms with E-state index in [1.807, 2.05) is 0 Å². The number of pyridine rings is 2. The van der Waals surface area contributed by atoms with E-state index in [1.165, 1.54) is 31.6 Å². The number of nitrogens with zero attached hydrogens (tertiary/aromatic N) is 6. The highest BCUT2D eigenvalue weighted by Crippen LogP contribution is 2.40. The molecule has 1 aliphatic carbocycles. The van der Waals surface area contributed by atoms with Crippen LogP contribution in [0.5, 0.6) is 5.75 Å². The van der Waals surface area contributed by atoms with Gasteiger partial charge in [-0.25, -0.2) is 9.67 Å². The average molecular weight is 576 g/mol. The summed E-state index contributed by atoms with van der Waals surface area (Å²) in [4.78, 5) is 8.16. The van der Waals surface area contributed by atoms with Crippen LogP contribution < -0.4 is 15.4 Å². The minimum Gasteiger partial charge on any atom is -0.493 e. The highest BCUT2D eigenvalue weighted by atomic mass is 35.5. The predicted octanol–water partition coefficient (Wildman–Crippen LogP) is 6.83. The highest BCUT2D eigenvalue weighted by molar-refractivity contribution is 6.36. The Bertz CT molecular complexity index is 1820. The van der Waals surface area contributed by atoms with Gasteiger partial charge in [-0.15, -0.1) is 5.10 Å². The Balaban J connectivity index is 1.48. The molecule has 40 heavy (non-hydrogen) atoms. The van der Waals surface area contributed by atoms with Gasteiger partial charge in [0, 0.05) is 23.5 Å². The van der Waals surface area contributed by atoms with Gasteiger partial charge < -0.3 is 15.4 Å². The number of nitriles is 1.